The zero-order valence-corrected chi connectivity index (χ0v) is 17.8. The predicted molar refractivity (Wildman–Crippen MR) is 109 cm³/mol. The molecule has 1 heterocycles. The first-order valence-electron chi connectivity index (χ1n) is 10.4. The van der Waals surface area contributed by atoms with Gasteiger partial charge in [0.15, 0.2) is 0 Å². The lowest BCUT2D eigenvalue weighted by Gasteiger charge is -2.30. The third-order valence-electron chi connectivity index (χ3n) is 6.06. The van der Waals surface area contributed by atoms with E-state index >= 15 is 0 Å². The second-order valence-electron chi connectivity index (χ2n) is 7.88. The number of nitrogens with zero attached hydrogens (tertiary/aromatic N) is 2. The van der Waals surface area contributed by atoms with E-state index in [1.165, 1.54) is 23.9 Å². The first kappa shape index (κ1) is 21.1. The highest BCUT2D eigenvalue weighted by Gasteiger charge is 2.31. The average Bonchev–Trinajstić information content (AvgIpc) is 3.02. The van der Waals surface area contributed by atoms with Gasteiger partial charge in [0.2, 0.25) is 10.0 Å². The molecule has 1 saturated heterocycles. The quantitative estimate of drug-likeness (QED) is 0.746. The van der Waals surface area contributed by atoms with Gasteiger partial charge in [0, 0.05) is 26.2 Å². The maximum Gasteiger partial charge on any atom is 0.257 e. The molecule has 0 spiro atoms. The fourth-order valence-corrected chi connectivity index (χ4v) is 5.71. The molecule has 0 aromatic heterocycles. The number of likely N-dealkylation sites (tertiary alicyclic amines) is 1. The van der Waals surface area contributed by atoms with Gasteiger partial charge in [0.25, 0.3) is 5.91 Å². The zero-order valence-electron chi connectivity index (χ0n) is 17.0. The molecule has 0 radical (unpaired) electrons. The van der Waals surface area contributed by atoms with E-state index in [0.717, 1.165) is 51.4 Å². The number of amides is 1. The maximum atomic E-state index is 13.2. The Morgan fingerprint density at radius 2 is 1.64 bits per heavy atom. The second kappa shape index (κ2) is 9.27. The van der Waals surface area contributed by atoms with Crippen LogP contribution in [0.1, 0.15) is 68.1 Å². The average molecular weight is 409 g/mol. The topological polar surface area (TPSA) is 66.9 Å². The summed E-state index contributed by atoms with van der Waals surface area (Å²) in [7, 11) is -0.481. The van der Waals surface area contributed by atoms with Crippen LogP contribution in [0.25, 0.3) is 0 Å². The highest BCUT2D eigenvalue weighted by Crippen LogP contribution is 2.30. The summed E-state index contributed by atoms with van der Waals surface area (Å²) in [6.07, 6.45) is 9.30. The van der Waals surface area contributed by atoms with E-state index in [1.807, 2.05) is 4.90 Å². The number of benzene rings is 1. The maximum absolute atomic E-state index is 13.2. The Morgan fingerprint density at radius 3 is 2.25 bits per heavy atom. The van der Waals surface area contributed by atoms with Crippen molar-refractivity contribution in [2.75, 3.05) is 27.2 Å². The van der Waals surface area contributed by atoms with E-state index in [1.54, 1.807) is 19.2 Å². The smallest absolute Gasteiger partial charge is 0.257 e. The van der Waals surface area contributed by atoms with Crippen LogP contribution in [0.2, 0.25) is 0 Å². The Hall–Kier alpha value is -1.60. The molecule has 2 fully saturated rings. The van der Waals surface area contributed by atoms with Crippen LogP contribution >= 0.6 is 0 Å². The van der Waals surface area contributed by atoms with Crippen molar-refractivity contribution in [1.82, 2.24) is 9.21 Å². The van der Waals surface area contributed by atoms with Crippen LogP contribution in [0, 0.1) is 0 Å². The van der Waals surface area contributed by atoms with Gasteiger partial charge in [-0.15, -0.1) is 0 Å². The minimum Gasteiger partial charge on any atom is -0.496 e. The number of rotatable bonds is 5. The molecule has 7 heteroatoms. The van der Waals surface area contributed by atoms with Crippen LogP contribution in [0.4, 0.5) is 0 Å². The Bertz CT molecular complexity index is 780. The molecule has 1 amide bonds. The first-order valence-corrected chi connectivity index (χ1v) is 11.8. The van der Waals surface area contributed by atoms with Crippen LogP contribution in [0.5, 0.6) is 5.75 Å². The summed E-state index contributed by atoms with van der Waals surface area (Å²) in [5, 5.41) is 0. The van der Waals surface area contributed by atoms with Crippen molar-refractivity contribution in [2.24, 2.45) is 0 Å². The highest BCUT2D eigenvalue weighted by molar-refractivity contribution is 7.89. The Balaban J connectivity index is 1.90. The molecular weight excluding hydrogens is 376 g/mol. The molecule has 1 aliphatic heterocycles. The van der Waals surface area contributed by atoms with Gasteiger partial charge in [0.05, 0.1) is 17.6 Å². The van der Waals surface area contributed by atoms with Crippen molar-refractivity contribution in [3.8, 4) is 5.75 Å². The van der Waals surface area contributed by atoms with Crippen molar-refractivity contribution >= 4 is 15.9 Å². The Morgan fingerprint density at radius 1 is 1.04 bits per heavy atom. The summed E-state index contributed by atoms with van der Waals surface area (Å²) in [6.45, 7) is 1.42. The van der Waals surface area contributed by atoms with Gasteiger partial charge < -0.3 is 9.64 Å². The number of ether oxygens (including phenoxy) is 1. The number of methoxy groups -OCH3 is 1. The summed E-state index contributed by atoms with van der Waals surface area (Å²) in [5.41, 5.74) is 0.336. The lowest BCUT2D eigenvalue weighted by atomic mass is 9.96. The van der Waals surface area contributed by atoms with Gasteiger partial charge in [-0.25, -0.2) is 8.42 Å². The first-order chi connectivity index (χ1) is 13.4. The van der Waals surface area contributed by atoms with Crippen molar-refractivity contribution in [2.45, 2.75) is 68.7 Å². The normalized spacial score (nSPS) is 19.5. The number of hydrogen-bond acceptors (Lipinski definition) is 4. The molecule has 28 heavy (non-hydrogen) atoms. The molecule has 3 rings (SSSR count). The van der Waals surface area contributed by atoms with Crippen LogP contribution < -0.4 is 4.74 Å². The second-order valence-corrected chi connectivity index (χ2v) is 9.88. The van der Waals surface area contributed by atoms with Crippen LogP contribution in [0.3, 0.4) is 0 Å². The van der Waals surface area contributed by atoms with Gasteiger partial charge in [-0.1, -0.05) is 32.1 Å². The fraction of sp³-hybridized carbons (Fsp3) is 0.667. The number of carbonyl (C=O) groups excluding carboxylic acids is 1. The SMILES string of the molecule is COc1ccc(S(=O)(=O)N(C)C2CCCCC2)cc1C(=O)N1CCCCCC1. The van der Waals surface area contributed by atoms with Crippen molar-refractivity contribution in [3.05, 3.63) is 23.8 Å². The van der Waals surface area contributed by atoms with E-state index in [4.69, 9.17) is 4.74 Å². The highest BCUT2D eigenvalue weighted by atomic mass is 32.2. The predicted octanol–water partition coefficient (Wildman–Crippen LogP) is 3.66. The molecule has 1 aromatic carbocycles. The fourth-order valence-electron chi connectivity index (χ4n) is 4.27. The minimum atomic E-state index is -3.65. The largest absolute Gasteiger partial charge is 0.496 e. The Labute approximate surface area is 168 Å². The van der Waals surface area contributed by atoms with Crippen molar-refractivity contribution in [1.29, 1.82) is 0 Å². The lowest BCUT2D eigenvalue weighted by Crippen LogP contribution is -2.38. The van der Waals surface area contributed by atoms with Gasteiger partial charge >= 0.3 is 0 Å². The summed E-state index contributed by atoms with van der Waals surface area (Å²) < 4.78 is 33.3. The molecule has 0 atom stereocenters. The molecule has 6 nitrogen and oxygen atoms in total. The van der Waals surface area contributed by atoms with E-state index in [0.29, 0.717) is 24.4 Å². The molecule has 1 aromatic rings. The molecule has 2 aliphatic rings. The van der Waals surface area contributed by atoms with Crippen LogP contribution in [-0.2, 0) is 10.0 Å². The zero-order chi connectivity index (χ0) is 20.1. The molecule has 1 aliphatic carbocycles. The third kappa shape index (κ3) is 4.51. The Kier molecular flexibility index (Phi) is 6.99. The van der Waals surface area contributed by atoms with Gasteiger partial charge in [-0.2, -0.15) is 4.31 Å². The van der Waals surface area contributed by atoms with Crippen molar-refractivity contribution < 1.29 is 17.9 Å². The van der Waals surface area contributed by atoms with E-state index in [-0.39, 0.29) is 16.8 Å². The van der Waals surface area contributed by atoms with Gasteiger partial charge in [-0.05, 0) is 43.9 Å². The summed E-state index contributed by atoms with van der Waals surface area (Å²) in [6, 6.07) is 4.69. The van der Waals surface area contributed by atoms with Crippen LogP contribution in [0.15, 0.2) is 23.1 Å². The third-order valence-corrected chi connectivity index (χ3v) is 7.97. The van der Waals surface area contributed by atoms with E-state index in [2.05, 4.69) is 0 Å². The van der Waals surface area contributed by atoms with Crippen LogP contribution in [-0.4, -0.2) is 56.8 Å². The molecule has 0 N–H and O–H groups in total. The van der Waals surface area contributed by atoms with Gasteiger partial charge in [0.1, 0.15) is 5.75 Å². The molecule has 0 bridgehead atoms. The minimum absolute atomic E-state index is 0.0330. The monoisotopic (exact) mass is 408 g/mol. The molecule has 0 unspecified atom stereocenters. The number of sulfonamides is 1. The van der Waals surface area contributed by atoms with Gasteiger partial charge in [-0.3, -0.25) is 4.79 Å². The molecular formula is C21H32N2O4S. The number of hydrogen-bond donors (Lipinski definition) is 0. The lowest BCUT2D eigenvalue weighted by molar-refractivity contribution is 0.0758. The number of carbonyl (C=O) groups is 1. The van der Waals surface area contributed by atoms with Crippen molar-refractivity contribution in [3.63, 3.8) is 0 Å². The standard InChI is InChI=1S/C21H32N2O4S/c1-22(17-10-6-5-7-11-17)28(25,26)18-12-13-20(27-2)19(16-18)21(24)23-14-8-3-4-9-15-23/h12-13,16-17H,3-11,14-15H2,1-2H3. The van der Waals surface area contributed by atoms with E-state index in [9.17, 15) is 13.2 Å². The molecule has 156 valence electrons. The summed E-state index contributed by atoms with van der Waals surface area (Å²) in [4.78, 5) is 15.1. The van der Waals surface area contributed by atoms with E-state index < -0.39 is 10.0 Å². The molecule has 1 saturated carbocycles. The summed E-state index contributed by atoms with van der Waals surface area (Å²) >= 11 is 0. The summed E-state index contributed by atoms with van der Waals surface area (Å²) in [5.74, 6) is 0.282.